The molecule has 0 aliphatic heterocycles. The fourth-order valence-electron chi connectivity index (χ4n) is 1.84. The number of hydrogen-bond acceptors (Lipinski definition) is 3. The lowest BCUT2D eigenvalue weighted by atomic mass is 10.3. The maximum atomic E-state index is 13.4. The second-order valence-electron chi connectivity index (χ2n) is 3.93. The van der Waals surface area contributed by atoms with Gasteiger partial charge in [-0.25, -0.2) is 9.37 Å². The van der Waals surface area contributed by atoms with E-state index in [4.69, 9.17) is 22.1 Å². The van der Waals surface area contributed by atoms with Crippen LogP contribution in [0.25, 0.3) is 11.0 Å². The second kappa shape index (κ2) is 5.54. The van der Waals surface area contributed by atoms with Gasteiger partial charge < -0.3 is 15.0 Å². The van der Waals surface area contributed by atoms with Gasteiger partial charge in [0.25, 0.3) is 0 Å². The van der Waals surface area contributed by atoms with Gasteiger partial charge in [0.1, 0.15) is 5.82 Å². The van der Waals surface area contributed by atoms with Gasteiger partial charge in [-0.2, -0.15) is 0 Å². The van der Waals surface area contributed by atoms with Gasteiger partial charge in [0, 0.05) is 25.8 Å². The van der Waals surface area contributed by atoms with Gasteiger partial charge in [-0.3, -0.25) is 0 Å². The van der Waals surface area contributed by atoms with Crippen LogP contribution >= 0.6 is 11.6 Å². The van der Waals surface area contributed by atoms with Crippen LogP contribution in [-0.2, 0) is 11.3 Å². The summed E-state index contributed by atoms with van der Waals surface area (Å²) < 4.78 is 20.5. The third-order valence-electron chi connectivity index (χ3n) is 2.69. The molecule has 0 spiro atoms. The van der Waals surface area contributed by atoms with E-state index in [0.717, 1.165) is 6.42 Å². The summed E-state index contributed by atoms with van der Waals surface area (Å²) in [6, 6.07) is 2.85. The van der Waals surface area contributed by atoms with E-state index in [-0.39, 0.29) is 5.02 Å². The van der Waals surface area contributed by atoms with Crippen LogP contribution in [0.15, 0.2) is 12.1 Å². The summed E-state index contributed by atoms with van der Waals surface area (Å²) >= 11 is 5.71. The van der Waals surface area contributed by atoms with Crippen molar-refractivity contribution in [3.63, 3.8) is 0 Å². The summed E-state index contributed by atoms with van der Waals surface area (Å²) in [7, 11) is 0. The second-order valence-corrected chi connectivity index (χ2v) is 4.33. The van der Waals surface area contributed by atoms with Crippen LogP contribution in [0.1, 0.15) is 13.3 Å². The molecule has 2 aromatic rings. The number of nitrogen functional groups attached to an aromatic ring is 1. The molecule has 0 aliphatic carbocycles. The van der Waals surface area contributed by atoms with Gasteiger partial charge in [-0.15, -0.1) is 0 Å². The highest BCUT2D eigenvalue weighted by atomic mass is 35.5. The molecule has 0 saturated heterocycles. The van der Waals surface area contributed by atoms with Crippen molar-refractivity contribution in [1.29, 1.82) is 0 Å². The summed E-state index contributed by atoms with van der Waals surface area (Å²) in [5.74, 6) is -0.0988. The molecular formula is C12H15ClFN3O. The van der Waals surface area contributed by atoms with Crippen molar-refractivity contribution in [2.75, 3.05) is 18.9 Å². The Hall–Kier alpha value is -1.33. The van der Waals surface area contributed by atoms with Crippen LogP contribution in [0, 0.1) is 5.82 Å². The van der Waals surface area contributed by atoms with Crippen LogP contribution in [0.5, 0.6) is 0 Å². The molecular weight excluding hydrogens is 257 g/mol. The van der Waals surface area contributed by atoms with Crippen molar-refractivity contribution >= 4 is 28.6 Å². The number of benzene rings is 1. The van der Waals surface area contributed by atoms with E-state index in [0.29, 0.717) is 36.7 Å². The molecule has 0 bridgehead atoms. The van der Waals surface area contributed by atoms with E-state index in [9.17, 15) is 4.39 Å². The third kappa shape index (κ3) is 2.57. The lowest BCUT2D eigenvalue weighted by molar-refractivity contribution is 0.142. The number of nitrogens with zero attached hydrogens (tertiary/aromatic N) is 2. The zero-order valence-corrected chi connectivity index (χ0v) is 10.9. The SMILES string of the molecule is CCOCCCn1c(N)nc2cc(Cl)c(F)cc21. The largest absolute Gasteiger partial charge is 0.382 e. The Balaban J connectivity index is 2.26. The molecule has 2 N–H and O–H groups in total. The standard InChI is InChI=1S/C12H15ClFN3O/c1-2-18-5-3-4-17-11-7-9(14)8(13)6-10(11)16-12(17)15/h6-7H,2-5H2,1H3,(H2,15,16). The molecule has 0 fully saturated rings. The molecule has 0 aliphatic rings. The molecule has 0 saturated carbocycles. The van der Waals surface area contributed by atoms with Crippen LogP contribution in [0.2, 0.25) is 5.02 Å². The summed E-state index contributed by atoms with van der Waals surface area (Å²) in [4.78, 5) is 4.16. The monoisotopic (exact) mass is 271 g/mol. The van der Waals surface area contributed by atoms with Crippen molar-refractivity contribution in [3.8, 4) is 0 Å². The van der Waals surface area contributed by atoms with Crippen LogP contribution in [0.4, 0.5) is 10.3 Å². The highest BCUT2D eigenvalue weighted by molar-refractivity contribution is 6.31. The molecule has 18 heavy (non-hydrogen) atoms. The molecule has 0 atom stereocenters. The first-order valence-corrected chi connectivity index (χ1v) is 6.19. The number of nitrogens with two attached hydrogens (primary N) is 1. The van der Waals surface area contributed by atoms with E-state index in [2.05, 4.69) is 4.98 Å². The molecule has 1 aromatic heterocycles. The number of rotatable bonds is 5. The first-order valence-electron chi connectivity index (χ1n) is 5.82. The predicted octanol–water partition coefficient (Wildman–Crippen LogP) is 2.84. The normalized spacial score (nSPS) is 11.3. The molecule has 0 radical (unpaired) electrons. The number of fused-ring (bicyclic) bond motifs is 1. The third-order valence-corrected chi connectivity index (χ3v) is 2.98. The van der Waals surface area contributed by atoms with Gasteiger partial charge in [0.2, 0.25) is 5.95 Å². The Morgan fingerprint density at radius 3 is 3.00 bits per heavy atom. The van der Waals surface area contributed by atoms with Gasteiger partial charge in [0.05, 0.1) is 16.1 Å². The van der Waals surface area contributed by atoms with Crippen LogP contribution in [-0.4, -0.2) is 22.8 Å². The highest BCUT2D eigenvalue weighted by Gasteiger charge is 2.11. The fourth-order valence-corrected chi connectivity index (χ4v) is 2.00. The minimum atomic E-state index is -0.463. The number of imidazole rings is 1. The molecule has 1 aromatic carbocycles. The van der Waals surface area contributed by atoms with Gasteiger partial charge in [-0.05, 0) is 19.4 Å². The first-order chi connectivity index (χ1) is 8.63. The van der Waals surface area contributed by atoms with E-state index < -0.39 is 5.82 Å². The summed E-state index contributed by atoms with van der Waals surface area (Å²) in [6.45, 7) is 3.91. The Labute approximate surface area is 109 Å². The minimum Gasteiger partial charge on any atom is -0.382 e. The topological polar surface area (TPSA) is 53.1 Å². The number of aromatic nitrogens is 2. The van der Waals surface area contributed by atoms with Crippen molar-refractivity contribution in [2.45, 2.75) is 19.9 Å². The van der Waals surface area contributed by atoms with Crippen molar-refractivity contribution in [2.24, 2.45) is 0 Å². The molecule has 1 heterocycles. The number of hydrogen-bond donors (Lipinski definition) is 1. The van der Waals surface area contributed by atoms with Crippen LogP contribution < -0.4 is 5.73 Å². The summed E-state index contributed by atoms with van der Waals surface area (Å²) in [6.07, 6.45) is 0.799. The molecule has 2 rings (SSSR count). The van der Waals surface area contributed by atoms with Crippen molar-refractivity contribution in [1.82, 2.24) is 9.55 Å². The molecule has 0 amide bonds. The lowest BCUT2D eigenvalue weighted by Gasteiger charge is -2.06. The molecule has 98 valence electrons. The predicted molar refractivity (Wildman–Crippen MR) is 70.2 cm³/mol. The maximum Gasteiger partial charge on any atom is 0.201 e. The number of halogens is 2. The quantitative estimate of drug-likeness (QED) is 0.851. The van der Waals surface area contributed by atoms with Crippen LogP contribution in [0.3, 0.4) is 0 Å². The van der Waals surface area contributed by atoms with Gasteiger partial charge in [0.15, 0.2) is 0 Å². The lowest BCUT2D eigenvalue weighted by Crippen LogP contribution is -2.06. The Morgan fingerprint density at radius 1 is 1.50 bits per heavy atom. The molecule has 6 heteroatoms. The average molecular weight is 272 g/mol. The van der Waals surface area contributed by atoms with E-state index >= 15 is 0 Å². The zero-order valence-electron chi connectivity index (χ0n) is 10.1. The molecule has 0 unspecified atom stereocenters. The average Bonchev–Trinajstić information content (AvgIpc) is 2.62. The Bertz CT molecular complexity index is 556. The minimum absolute atomic E-state index is 0.0569. The molecule has 4 nitrogen and oxygen atoms in total. The fraction of sp³-hybridized carbons (Fsp3) is 0.417. The summed E-state index contributed by atoms with van der Waals surface area (Å²) in [5, 5.41) is 0.0569. The maximum absolute atomic E-state index is 13.4. The number of aryl methyl sites for hydroxylation is 1. The highest BCUT2D eigenvalue weighted by Crippen LogP contribution is 2.24. The van der Waals surface area contributed by atoms with Gasteiger partial charge >= 0.3 is 0 Å². The number of anilines is 1. The smallest absolute Gasteiger partial charge is 0.201 e. The number of ether oxygens (including phenoxy) is 1. The zero-order chi connectivity index (χ0) is 13.1. The van der Waals surface area contributed by atoms with E-state index in [1.54, 1.807) is 4.57 Å². The Morgan fingerprint density at radius 2 is 2.28 bits per heavy atom. The van der Waals surface area contributed by atoms with Crippen molar-refractivity contribution < 1.29 is 9.13 Å². The summed E-state index contributed by atoms with van der Waals surface area (Å²) in [5.41, 5.74) is 7.08. The van der Waals surface area contributed by atoms with Crippen molar-refractivity contribution in [3.05, 3.63) is 23.0 Å². The van der Waals surface area contributed by atoms with E-state index in [1.165, 1.54) is 12.1 Å². The Kier molecular flexibility index (Phi) is 4.04. The first kappa shape index (κ1) is 13.1. The van der Waals surface area contributed by atoms with Gasteiger partial charge in [-0.1, -0.05) is 11.6 Å². The van der Waals surface area contributed by atoms with E-state index in [1.807, 2.05) is 6.92 Å².